The lowest BCUT2D eigenvalue weighted by Gasteiger charge is -2.52. The van der Waals surface area contributed by atoms with Crippen LogP contribution in [0.25, 0.3) is 0 Å². The van der Waals surface area contributed by atoms with Gasteiger partial charge in [0, 0.05) is 24.2 Å². The van der Waals surface area contributed by atoms with Crippen molar-refractivity contribution in [2.75, 3.05) is 7.05 Å². The molecule has 1 nitrogen and oxygen atoms in total. The first-order chi connectivity index (χ1) is 7.33. The Morgan fingerprint density at radius 2 is 1.94 bits per heavy atom. The maximum Gasteiger partial charge on any atom is 0.0342 e. The van der Waals surface area contributed by atoms with E-state index in [4.69, 9.17) is 0 Å². The van der Waals surface area contributed by atoms with Crippen LogP contribution in [0.1, 0.15) is 41.0 Å². The second kappa shape index (κ2) is 3.65. The van der Waals surface area contributed by atoms with Crippen LogP contribution in [-0.2, 0) is 0 Å². The van der Waals surface area contributed by atoms with E-state index in [9.17, 15) is 0 Å². The van der Waals surface area contributed by atoms with E-state index in [0.717, 1.165) is 11.8 Å². The number of allylic oxidation sites excluding steroid dienone is 4. The van der Waals surface area contributed by atoms with Crippen molar-refractivity contribution in [3.8, 4) is 0 Å². The highest BCUT2D eigenvalue weighted by Gasteiger charge is 2.42. The van der Waals surface area contributed by atoms with Crippen molar-refractivity contribution in [1.29, 1.82) is 0 Å². The predicted octanol–water partition coefficient (Wildman–Crippen LogP) is 3.83. The summed E-state index contributed by atoms with van der Waals surface area (Å²) in [6, 6.07) is 0. The van der Waals surface area contributed by atoms with Crippen molar-refractivity contribution in [2.45, 2.75) is 46.6 Å². The maximum atomic E-state index is 2.50. The Labute approximate surface area is 100 Å². The molecule has 0 spiro atoms. The third-order valence-corrected chi connectivity index (χ3v) is 4.54. The Bertz CT molecular complexity index is 348. The molecule has 3 unspecified atom stereocenters. The van der Waals surface area contributed by atoms with Gasteiger partial charge in [-0.1, -0.05) is 25.5 Å². The molecule has 1 aliphatic carbocycles. The Morgan fingerprint density at radius 3 is 2.56 bits per heavy atom. The van der Waals surface area contributed by atoms with Crippen LogP contribution in [0.2, 0.25) is 0 Å². The minimum absolute atomic E-state index is 0.305. The molecule has 1 heterocycles. The number of piperidine rings is 1. The van der Waals surface area contributed by atoms with E-state index in [2.05, 4.69) is 58.7 Å². The van der Waals surface area contributed by atoms with Crippen molar-refractivity contribution in [2.24, 2.45) is 17.8 Å². The number of nitrogens with zero attached hydrogens (tertiary/aromatic N) is 1. The topological polar surface area (TPSA) is 3.24 Å². The molecule has 0 aromatic carbocycles. The average molecular weight is 219 g/mol. The lowest BCUT2D eigenvalue weighted by atomic mass is 9.68. The van der Waals surface area contributed by atoms with Gasteiger partial charge in [-0.25, -0.2) is 0 Å². The minimum atomic E-state index is 0.305. The van der Waals surface area contributed by atoms with Gasteiger partial charge in [0.1, 0.15) is 0 Å². The number of hydrogen-bond donors (Lipinski definition) is 0. The zero-order chi connectivity index (χ0) is 12.1. The number of hydrogen-bond acceptors (Lipinski definition) is 1. The zero-order valence-electron chi connectivity index (χ0n) is 11.5. The maximum absolute atomic E-state index is 2.50. The van der Waals surface area contributed by atoms with E-state index in [1.165, 1.54) is 12.0 Å². The van der Waals surface area contributed by atoms with Gasteiger partial charge in [0.05, 0.1) is 0 Å². The van der Waals surface area contributed by atoms with Crippen molar-refractivity contribution >= 4 is 0 Å². The van der Waals surface area contributed by atoms with E-state index >= 15 is 0 Å². The molecule has 2 rings (SSSR count). The fourth-order valence-corrected chi connectivity index (χ4v) is 3.70. The van der Waals surface area contributed by atoms with E-state index in [-0.39, 0.29) is 0 Å². The molecule has 2 aliphatic rings. The molecule has 3 atom stereocenters. The minimum Gasteiger partial charge on any atom is -0.372 e. The molecular formula is C15H25N. The highest BCUT2D eigenvalue weighted by Crippen LogP contribution is 2.46. The smallest absolute Gasteiger partial charge is 0.0342 e. The van der Waals surface area contributed by atoms with Gasteiger partial charge in [0.25, 0.3) is 0 Å². The number of fused-ring (bicyclic) bond motifs is 1. The first-order valence-electron chi connectivity index (χ1n) is 6.47. The van der Waals surface area contributed by atoms with Crippen molar-refractivity contribution in [1.82, 2.24) is 4.90 Å². The molecule has 16 heavy (non-hydrogen) atoms. The first kappa shape index (κ1) is 11.8. The van der Waals surface area contributed by atoms with Gasteiger partial charge in [-0.2, -0.15) is 0 Å². The molecule has 0 amide bonds. The number of likely N-dealkylation sites (tertiary alicyclic amines) is 1. The summed E-state index contributed by atoms with van der Waals surface area (Å²) in [6.45, 7) is 11.7. The summed E-state index contributed by atoms with van der Waals surface area (Å²) in [5.74, 6) is 2.20. The lowest BCUT2D eigenvalue weighted by Crippen LogP contribution is -2.51. The van der Waals surface area contributed by atoms with Crippen LogP contribution in [0, 0.1) is 17.8 Å². The Balaban J connectivity index is 2.41. The van der Waals surface area contributed by atoms with Crippen LogP contribution < -0.4 is 0 Å². The highest BCUT2D eigenvalue weighted by molar-refractivity contribution is 5.32. The molecular weight excluding hydrogens is 194 g/mol. The SMILES string of the molecule is CC1=CC(C)C2C(=C1)N(C)C(C)(C)CC2C. The fraction of sp³-hybridized carbons (Fsp3) is 0.733. The fourth-order valence-electron chi connectivity index (χ4n) is 3.70. The van der Waals surface area contributed by atoms with Crippen LogP contribution in [0.15, 0.2) is 23.4 Å². The second-order valence-electron chi connectivity index (χ2n) is 6.42. The first-order valence-corrected chi connectivity index (χ1v) is 6.47. The Morgan fingerprint density at radius 1 is 1.31 bits per heavy atom. The molecule has 0 bridgehead atoms. The van der Waals surface area contributed by atoms with Crippen molar-refractivity contribution in [3.63, 3.8) is 0 Å². The van der Waals surface area contributed by atoms with Gasteiger partial charge >= 0.3 is 0 Å². The second-order valence-corrected chi connectivity index (χ2v) is 6.42. The van der Waals surface area contributed by atoms with Gasteiger partial charge in [0.2, 0.25) is 0 Å². The van der Waals surface area contributed by atoms with Gasteiger partial charge in [-0.05, 0) is 45.1 Å². The molecule has 0 radical (unpaired) electrons. The van der Waals surface area contributed by atoms with E-state index in [1.54, 1.807) is 5.70 Å². The van der Waals surface area contributed by atoms with Crippen LogP contribution in [0.3, 0.4) is 0 Å². The molecule has 0 aromatic heterocycles. The summed E-state index contributed by atoms with van der Waals surface area (Å²) in [4.78, 5) is 2.50. The standard InChI is InChI=1S/C15H25N/c1-10-7-11(2)14-12(3)9-15(4,5)16(6)13(14)8-10/h7-8,11-12,14H,9H2,1-6H3. The summed E-state index contributed by atoms with van der Waals surface area (Å²) in [7, 11) is 2.26. The summed E-state index contributed by atoms with van der Waals surface area (Å²) < 4.78 is 0. The van der Waals surface area contributed by atoms with Crippen LogP contribution >= 0.6 is 0 Å². The number of rotatable bonds is 0. The van der Waals surface area contributed by atoms with Crippen LogP contribution in [0.5, 0.6) is 0 Å². The molecule has 0 saturated carbocycles. The lowest BCUT2D eigenvalue weighted by molar-refractivity contribution is 0.0672. The zero-order valence-corrected chi connectivity index (χ0v) is 11.5. The Hall–Kier alpha value is -0.720. The average Bonchev–Trinajstić information content (AvgIpc) is 2.12. The van der Waals surface area contributed by atoms with Gasteiger partial charge < -0.3 is 4.90 Å². The quantitative estimate of drug-likeness (QED) is 0.598. The van der Waals surface area contributed by atoms with Crippen molar-refractivity contribution < 1.29 is 0 Å². The van der Waals surface area contributed by atoms with E-state index in [0.29, 0.717) is 11.5 Å². The molecule has 1 aliphatic heterocycles. The van der Waals surface area contributed by atoms with Crippen molar-refractivity contribution in [3.05, 3.63) is 23.4 Å². The van der Waals surface area contributed by atoms with Gasteiger partial charge in [-0.15, -0.1) is 0 Å². The summed E-state index contributed by atoms with van der Waals surface area (Å²) in [5, 5.41) is 0. The monoisotopic (exact) mass is 219 g/mol. The third-order valence-electron chi connectivity index (χ3n) is 4.54. The van der Waals surface area contributed by atoms with E-state index in [1.807, 2.05) is 0 Å². The van der Waals surface area contributed by atoms with E-state index < -0.39 is 0 Å². The molecule has 90 valence electrons. The highest BCUT2D eigenvalue weighted by atomic mass is 15.2. The Kier molecular flexibility index (Phi) is 2.68. The predicted molar refractivity (Wildman–Crippen MR) is 70.1 cm³/mol. The van der Waals surface area contributed by atoms with Crippen LogP contribution in [0.4, 0.5) is 0 Å². The van der Waals surface area contributed by atoms with Crippen LogP contribution in [-0.4, -0.2) is 17.5 Å². The molecule has 0 aromatic rings. The molecule has 1 saturated heterocycles. The molecule has 0 N–H and O–H groups in total. The molecule has 1 heteroatoms. The van der Waals surface area contributed by atoms with Gasteiger partial charge in [0.15, 0.2) is 0 Å². The normalized spacial score (nSPS) is 37.6. The summed E-state index contributed by atoms with van der Waals surface area (Å²) in [5.41, 5.74) is 3.28. The van der Waals surface area contributed by atoms with Gasteiger partial charge in [-0.3, -0.25) is 0 Å². The summed E-state index contributed by atoms with van der Waals surface area (Å²) in [6.07, 6.45) is 6.11. The summed E-state index contributed by atoms with van der Waals surface area (Å²) >= 11 is 0. The third kappa shape index (κ3) is 1.70. The molecule has 1 fully saturated rings. The largest absolute Gasteiger partial charge is 0.372 e.